The number of carbonyl (C=O) groups excluding carboxylic acids is 1. The molecule has 4 nitrogen and oxygen atoms in total. The quantitative estimate of drug-likeness (QED) is 0.843. The predicted octanol–water partition coefficient (Wildman–Crippen LogP) is 1.88. The first-order valence-corrected chi connectivity index (χ1v) is 5.80. The van der Waals surface area contributed by atoms with Crippen molar-refractivity contribution >= 4 is 5.91 Å². The Morgan fingerprint density at radius 2 is 2.11 bits per heavy atom. The zero-order valence-electron chi connectivity index (χ0n) is 10.3. The van der Waals surface area contributed by atoms with Crippen LogP contribution in [0.25, 0.3) is 0 Å². The van der Waals surface area contributed by atoms with E-state index in [1.165, 1.54) is 0 Å². The summed E-state index contributed by atoms with van der Waals surface area (Å²) < 4.78 is 5.23. The van der Waals surface area contributed by atoms with Crippen LogP contribution in [0, 0.1) is 0 Å². The minimum Gasteiger partial charge on any atom is -0.496 e. The normalized spacial score (nSPS) is 10.1. The van der Waals surface area contributed by atoms with Gasteiger partial charge in [0.05, 0.1) is 13.5 Å². The summed E-state index contributed by atoms with van der Waals surface area (Å²) in [5.74, 6) is 0.779. The minimum absolute atomic E-state index is 0.0108. The van der Waals surface area contributed by atoms with Gasteiger partial charge in [-0.3, -0.25) is 4.79 Å². The minimum atomic E-state index is -0.0108. The monoisotopic (exact) mass is 244 g/mol. The number of amides is 1. The molecule has 2 rings (SSSR count). The Balaban J connectivity index is 1.89. The summed E-state index contributed by atoms with van der Waals surface area (Å²) in [6, 6.07) is 11.4. The molecule has 18 heavy (non-hydrogen) atoms. The smallest absolute Gasteiger partial charge is 0.226 e. The zero-order valence-corrected chi connectivity index (χ0v) is 10.3. The van der Waals surface area contributed by atoms with Gasteiger partial charge < -0.3 is 15.0 Å². The highest BCUT2D eigenvalue weighted by molar-refractivity contribution is 5.78. The Hall–Kier alpha value is -2.23. The van der Waals surface area contributed by atoms with Crippen molar-refractivity contribution < 1.29 is 9.53 Å². The molecule has 0 aliphatic heterocycles. The number of hydrogen-bond acceptors (Lipinski definition) is 2. The van der Waals surface area contributed by atoms with E-state index in [1.807, 2.05) is 42.6 Å². The van der Waals surface area contributed by atoms with Crippen molar-refractivity contribution in [2.75, 3.05) is 7.11 Å². The molecule has 0 saturated carbocycles. The molecule has 0 spiro atoms. The number of hydrogen-bond donors (Lipinski definition) is 2. The molecular formula is C14H16N2O2. The zero-order chi connectivity index (χ0) is 12.8. The lowest BCUT2D eigenvalue weighted by atomic mass is 10.2. The molecule has 0 unspecified atom stereocenters. The molecule has 0 fully saturated rings. The van der Waals surface area contributed by atoms with Crippen molar-refractivity contribution in [2.24, 2.45) is 0 Å². The molecule has 94 valence electrons. The van der Waals surface area contributed by atoms with Crippen molar-refractivity contribution in [3.8, 4) is 5.75 Å². The van der Waals surface area contributed by atoms with Crippen molar-refractivity contribution in [3.05, 3.63) is 53.9 Å². The number of benzene rings is 1. The highest BCUT2D eigenvalue weighted by atomic mass is 16.5. The summed E-state index contributed by atoms with van der Waals surface area (Å²) in [4.78, 5) is 14.7. The summed E-state index contributed by atoms with van der Waals surface area (Å²) in [7, 11) is 1.62. The van der Waals surface area contributed by atoms with Gasteiger partial charge in [0.25, 0.3) is 0 Å². The van der Waals surface area contributed by atoms with E-state index in [2.05, 4.69) is 10.3 Å². The lowest BCUT2D eigenvalue weighted by molar-refractivity contribution is -0.120. The van der Waals surface area contributed by atoms with E-state index in [4.69, 9.17) is 4.74 Å². The highest BCUT2D eigenvalue weighted by Gasteiger charge is 2.06. The van der Waals surface area contributed by atoms with Crippen molar-refractivity contribution in [3.63, 3.8) is 0 Å². The van der Waals surface area contributed by atoms with Crippen LogP contribution in [0.15, 0.2) is 42.6 Å². The Kier molecular flexibility index (Phi) is 4.02. The van der Waals surface area contributed by atoms with Crippen LogP contribution in [0.5, 0.6) is 5.75 Å². The molecule has 0 radical (unpaired) electrons. The fourth-order valence-electron chi connectivity index (χ4n) is 1.76. The van der Waals surface area contributed by atoms with E-state index in [9.17, 15) is 4.79 Å². The van der Waals surface area contributed by atoms with Gasteiger partial charge in [-0.1, -0.05) is 18.2 Å². The number of ether oxygens (including phenoxy) is 1. The summed E-state index contributed by atoms with van der Waals surface area (Å²) in [6.45, 7) is 0.476. The summed E-state index contributed by atoms with van der Waals surface area (Å²) >= 11 is 0. The largest absolute Gasteiger partial charge is 0.496 e. The Labute approximate surface area is 106 Å². The second-order valence-corrected chi connectivity index (χ2v) is 3.96. The topological polar surface area (TPSA) is 54.1 Å². The fraction of sp³-hybridized carbons (Fsp3) is 0.214. The second-order valence-electron chi connectivity index (χ2n) is 3.96. The Morgan fingerprint density at radius 1 is 1.28 bits per heavy atom. The van der Waals surface area contributed by atoms with Gasteiger partial charge in [0, 0.05) is 24.0 Å². The standard InChI is InChI=1S/C14H16N2O2/c1-18-13-7-3-2-5-11(13)10-16-14(17)9-12-6-4-8-15-12/h2-8,15H,9-10H2,1H3,(H,16,17). The first kappa shape index (κ1) is 12.2. The maximum atomic E-state index is 11.7. The molecule has 1 aromatic carbocycles. The van der Waals surface area contributed by atoms with Gasteiger partial charge in [-0.2, -0.15) is 0 Å². The van der Waals surface area contributed by atoms with Gasteiger partial charge in [-0.15, -0.1) is 0 Å². The number of methoxy groups -OCH3 is 1. The van der Waals surface area contributed by atoms with Gasteiger partial charge in [-0.05, 0) is 18.2 Å². The van der Waals surface area contributed by atoms with E-state index in [-0.39, 0.29) is 5.91 Å². The van der Waals surface area contributed by atoms with Crippen LogP contribution in [0.4, 0.5) is 0 Å². The number of aromatic amines is 1. The number of para-hydroxylation sites is 1. The third kappa shape index (κ3) is 3.13. The SMILES string of the molecule is COc1ccccc1CNC(=O)Cc1ccc[nH]1. The Morgan fingerprint density at radius 3 is 2.83 bits per heavy atom. The molecule has 1 aromatic heterocycles. The van der Waals surface area contributed by atoms with E-state index in [0.29, 0.717) is 13.0 Å². The van der Waals surface area contributed by atoms with Crippen LogP contribution in [-0.2, 0) is 17.8 Å². The van der Waals surface area contributed by atoms with E-state index in [1.54, 1.807) is 7.11 Å². The summed E-state index contributed by atoms with van der Waals surface area (Å²) in [6.07, 6.45) is 2.17. The van der Waals surface area contributed by atoms with E-state index >= 15 is 0 Å². The second kappa shape index (κ2) is 5.91. The highest BCUT2D eigenvalue weighted by Crippen LogP contribution is 2.16. The van der Waals surface area contributed by atoms with Gasteiger partial charge in [-0.25, -0.2) is 0 Å². The van der Waals surface area contributed by atoms with Crippen LogP contribution in [-0.4, -0.2) is 18.0 Å². The molecule has 0 bridgehead atoms. The van der Waals surface area contributed by atoms with Gasteiger partial charge in [0.15, 0.2) is 0 Å². The summed E-state index contributed by atoms with van der Waals surface area (Å²) in [5, 5.41) is 2.87. The average molecular weight is 244 g/mol. The molecule has 2 aromatic rings. The molecule has 0 atom stereocenters. The summed E-state index contributed by atoms with van der Waals surface area (Å²) in [5.41, 5.74) is 1.88. The number of H-pyrrole nitrogens is 1. The van der Waals surface area contributed by atoms with Crippen LogP contribution in [0.2, 0.25) is 0 Å². The van der Waals surface area contributed by atoms with Crippen molar-refractivity contribution in [1.29, 1.82) is 0 Å². The van der Waals surface area contributed by atoms with Crippen LogP contribution < -0.4 is 10.1 Å². The van der Waals surface area contributed by atoms with Gasteiger partial charge >= 0.3 is 0 Å². The molecule has 4 heteroatoms. The first-order valence-electron chi connectivity index (χ1n) is 5.80. The fourth-order valence-corrected chi connectivity index (χ4v) is 1.76. The Bertz CT molecular complexity index is 506. The lowest BCUT2D eigenvalue weighted by Gasteiger charge is -2.09. The average Bonchev–Trinajstić information content (AvgIpc) is 2.89. The molecule has 0 aliphatic carbocycles. The third-order valence-corrected chi connectivity index (χ3v) is 2.68. The molecule has 2 N–H and O–H groups in total. The van der Waals surface area contributed by atoms with Crippen LogP contribution in [0.1, 0.15) is 11.3 Å². The molecule has 1 amide bonds. The molecule has 0 aliphatic rings. The number of carbonyl (C=O) groups is 1. The first-order chi connectivity index (χ1) is 8.79. The van der Waals surface area contributed by atoms with Crippen molar-refractivity contribution in [2.45, 2.75) is 13.0 Å². The molecule has 1 heterocycles. The van der Waals surface area contributed by atoms with Crippen LogP contribution in [0.3, 0.4) is 0 Å². The third-order valence-electron chi connectivity index (χ3n) is 2.68. The van der Waals surface area contributed by atoms with E-state index in [0.717, 1.165) is 17.0 Å². The maximum absolute atomic E-state index is 11.7. The predicted molar refractivity (Wildman–Crippen MR) is 69.3 cm³/mol. The number of rotatable bonds is 5. The number of nitrogens with one attached hydrogen (secondary N) is 2. The number of aromatic nitrogens is 1. The van der Waals surface area contributed by atoms with Crippen LogP contribution >= 0.6 is 0 Å². The maximum Gasteiger partial charge on any atom is 0.226 e. The molecule has 0 saturated heterocycles. The lowest BCUT2D eigenvalue weighted by Crippen LogP contribution is -2.24. The van der Waals surface area contributed by atoms with E-state index < -0.39 is 0 Å². The molecular weight excluding hydrogens is 228 g/mol. The van der Waals surface area contributed by atoms with Gasteiger partial charge in [0.2, 0.25) is 5.91 Å². The van der Waals surface area contributed by atoms with Gasteiger partial charge in [0.1, 0.15) is 5.75 Å². The van der Waals surface area contributed by atoms with Crippen molar-refractivity contribution in [1.82, 2.24) is 10.3 Å².